The maximum absolute atomic E-state index is 5.98. The normalized spacial score (nSPS) is 16.3. The van der Waals surface area contributed by atoms with Crippen LogP contribution >= 0.6 is 11.6 Å². The molecule has 1 saturated carbocycles. The van der Waals surface area contributed by atoms with E-state index in [4.69, 9.17) is 11.6 Å². The van der Waals surface area contributed by atoms with E-state index in [-0.39, 0.29) is 0 Å². The van der Waals surface area contributed by atoms with Crippen LogP contribution in [0.5, 0.6) is 0 Å². The molecular weight excluding hydrogens is 272 g/mol. The molecule has 0 bridgehead atoms. The molecule has 1 N–H and O–H groups in total. The van der Waals surface area contributed by atoms with Crippen LogP contribution in [0.2, 0.25) is 5.02 Å². The largest absolute Gasteiger partial charge is 0.313 e. The molecule has 1 aromatic heterocycles. The Morgan fingerprint density at radius 1 is 1.35 bits per heavy atom. The number of aryl methyl sites for hydroxylation is 1. The molecule has 1 atom stereocenters. The molecule has 5 heteroatoms. The van der Waals surface area contributed by atoms with Gasteiger partial charge in [0.2, 0.25) is 0 Å². The van der Waals surface area contributed by atoms with E-state index in [1.165, 1.54) is 18.4 Å². The SMILES string of the molecule is Cn1cc(CC(CNC2CC2)c2ccc(Cl)cc2)nn1. The van der Waals surface area contributed by atoms with E-state index in [2.05, 4.69) is 27.8 Å². The van der Waals surface area contributed by atoms with Crippen molar-refractivity contribution in [3.8, 4) is 0 Å². The van der Waals surface area contributed by atoms with E-state index >= 15 is 0 Å². The van der Waals surface area contributed by atoms with Gasteiger partial charge in [-0.2, -0.15) is 0 Å². The van der Waals surface area contributed by atoms with E-state index in [1.54, 1.807) is 4.68 Å². The Morgan fingerprint density at radius 2 is 2.10 bits per heavy atom. The maximum Gasteiger partial charge on any atom is 0.0833 e. The molecule has 106 valence electrons. The lowest BCUT2D eigenvalue weighted by atomic mass is 9.94. The molecule has 1 aliphatic rings. The molecule has 1 aromatic carbocycles. The Labute approximate surface area is 124 Å². The van der Waals surface area contributed by atoms with Gasteiger partial charge in [0.05, 0.1) is 5.69 Å². The minimum atomic E-state index is 0.407. The zero-order chi connectivity index (χ0) is 13.9. The lowest BCUT2D eigenvalue weighted by Crippen LogP contribution is -2.25. The first-order valence-electron chi connectivity index (χ1n) is 7.05. The highest BCUT2D eigenvalue weighted by Gasteiger charge is 2.23. The summed E-state index contributed by atoms with van der Waals surface area (Å²) in [5, 5.41) is 12.6. The van der Waals surface area contributed by atoms with Crippen LogP contribution in [0.1, 0.15) is 30.0 Å². The predicted molar refractivity (Wildman–Crippen MR) is 79.9 cm³/mol. The molecule has 2 aromatic rings. The quantitative estimate of drug-likeness (QED) is 0.889. The van der Waals surface area contributed by atoms with Gasteiger partial charge in [-0.3, -0.25) is 4.68 Å². The van der Waals surface area contributed by atoms with Gasteiger partial charge >= 0.3 is 0 Å². The third kappa shape index (κ3) is 3.58. The third-order valence-electron chi connectivity index (χ3n) is 3.68. The van der Waals surface area contributed by atoms with Crippen LogP contribution in [0.25, 0.3) is 0 Å². The molecule has 1 aliphatic carbocycles. The van der Waals surface area contributed by atoms with Gasteiger partial charge in [0, 0.05) is 43.2 Å². The zero-order valence-electron chi connectivity index (χ0n) is 11.6. The molecule has 4 nitrogen and oxygen atoms in total. The molecule has 1 fully saturated rings. The molecule has 1 unspecified atom stereocenters. The van der Waals surface area contributed by atoms with Gasteiger partial charge in [0.1, 0.15) is 0 Å². The fraction of sp³-hybridized carbons (Fsp3) is 0.467. The van der Waals surface area contributed by atoms with Crippen molar-refractivity contribution in [3.63, 3.8) is 0 Å². The first kappa shape index (κ1) is 13.6. The van der Waals surface area contributed by atoms with Gasteiger partial charge in [-0.25, -0.2) is 0 Å². The highest BCUT2D eigenvalue weighted by atomic mass is 35.5. The van der Waals surface area contributed by atoms with E-state index in [0.29, 0.717) is 12.0 Å². The van der Waals surface area contributed by atoms with Gasteiger partial charge in [-0.05, 0) is 30.5 Å². The topological polar surface area (TPSA) is 42.7 Å². The fourth-order valence-electron chi connectivity index (χ4n) is 2.38. The van der Waals surface area contributed by atoms with Crippen molar-refractivity contribution in [2.75, 3.05) is 6.54 Å². The number of hydrogen-bond acceptors (Lipinski definition) is 3. The zero-order valence-corrected chi connectivity index (χ0v) is 12.3. The summed E-state index contributed by atoms with van der Waals surface area (Å²) in [7, 11) is 1.90. The summed E-state index contributed by atoms with van der Waals surface area (Å²) in [6.45, 7) is 0.975. The van der Waals surface area contributed by atoms with Crippen molar-refractivity contribution in [3.05, 3.63) is 46.7 Å². The van der Waals surface area contributed by atoms with Gasteiger partial charge < -0.3 is 5.32 Å². The van der Waals surface area contributed by atoms with Gasteiger partial charge in [-0.1, -0.05) is 28.9 Å². The number of aromatic nitrogens is 3. The van der Waals surface area contributed by atoms with E-state index in [1.807, 2.05) is 25.4 Å². The summed E-state index contributed by atoms with van der Waals surface area (Å²) in [6, 6.07) is 8.84. The second-order valence-corrected chi connectivity index (χ2v) is 5.96. The summed E-state index contributed by atoms with van der Waals surface area (Å²) in [6.07, 6.45) is 5.49. The van der Waals surface area contributed by atoms with Crippen LogP contribution in [0.4, 0.5) is 0 Å². The molecule has 0 spiro atoms. The molecule has 0 radical (unpaired) electrons. The molecule has 20 heavy (non-hydrogen) atoms. The molecule has 1 heterocycles. The van der Waals surface area contributed by atoms with Crippen molar-refractivity contribution >= 4 is 11.6 Å². The smallest absolute Gasteiger partial charge is 0.0833 e. The number of halogens is 1. The first-order valence-corrected chi connectivity index (χ1v) is 7.42. The summed E-state index contributed by atoms with van der Waals surface area (Å²) in [5.41, 5.74) is 2.33. The lowest BCUT2D eigenvalue weighted by Gasteiger charge is -2.17. The van der Waals surface area contributed by atoms with Crippen LogP contribution in [0, 0.1) is 0 Å². The Kier molecular flexibility index (Phi) is 4.03. The van der Waals surface area contributed by atoms with Crippen molar-refractivity contribution < 1.29 is 0 Å². The molecular formula is C15H19ClN4. The minimum absolute atomic E-state index is 0.407. The van der Waals surface area contributed by atoms with Crippen LogP contribution in [0.3, 0.4) is 0 Å². The van der Waals surface area contributed by atoms with Crippen LogP contribution in [-0.4, -0.2) is 27.6 Å². The van der Waals surface area contributed by atoms with Crippen molar-refractivity contribution in [2.45, 2.75) is 31.2 Å². The van der Waals surface area contributed by atoms with Crippen LogP contribution in [0.15, 0.2) is 30.5 Å². The van der Waals surface area contributed by atoms with Crippen LogP contribution < -0.4 is 5.32 Å². The second-order valence-electron chi connectivity index (χ2n) is 5.52. The standard InChI is InChI=1S/C15H19ClN4/c1-20-10-15(18-19-20)8-12(9-17-14-6-7-14)11-2-4-13(16)5-3-11/h2-5,10,12,14,17H,6-9H2,1H3. The average Bonchev–Trinajstić information content (AvgIpc) is 3.18. The minimum Gasteiger partial charge on any atom is -0.313 e. The molecule has 0 amide bonds. The molecule has 0 saturated heterocycles. The van der Waals surface area contributed by atoms with Crippen molar-refractivity contribution in [1.29, 1.82) is 0 Å². The number of rotatable bonds is 6. The van der Waals surface area contributed by atoms with E-state index in [9.17, 15) is 0 Å². The Morgan fingerprint density at radius 3 is 2.70 bits per heavy atom. The number of nitrogens with zero attached hydrogens (tertiary/aromatic N) is 3. The number of nitrogens with one attached hydrogen (secondary N) is 1. The summed E-state index contributed by atoms with van der Waals surface area (Å²) < 4.78 is 1.75. The Balaban J connectivity index is 1.73. The summed E-state index contributed by atoms with van der Waals surface area (Å²) >= 11 is 5.98. The van der Waals surface area contributed by atoms with Crippen molar-refractivity contribution in [2.24, 2.45) is 7.05 Å². The third-order valence-corrected chi connectivity index (χ3v) is 3.93. The highest BCUT2D eigenvalue weighted by molar-refractivity contribution is 6.30. The van der Waals surface area contributed by atoms with E-state index < -0.39 is 0 Å². The monoisotopic (exact) mass is 290 g/mol. The number of hydrogen-bond donors (Lipinski definition) is 1. The first-order chi connectivity index (χ1) is 9.70. The molecule has 3 rings (SSSR count). The summed E-state index contributed by atoms with van der Waals surface area (Å²) in [4.78, 5) is 0. The predicted octanol–water partition coefficient (Wildman–Crippen LogP) is 2.55. The summed E-state index contributed by atoms with van der Waals surface area (Å²) in [5.74, 6) is 0.407. The Hall–Kier alpha value is -1.39. The van der Waals surface area contributed by atoms with Gasteiger partial charge in [0.15, 0.2) is 0 Å². The van der Waals surface area contributed by atoms with Gasteiger partial charge in [-0.15, -0.1) is 5.10 Å². The number of benzene rings is 1. The highest BCUT2D eigenvalue weighted by Crippen LogP contribution is 2.24. The maximum atomic E-state index is 5.98. The molecule has 0 aliphatic heterocycles. The second kappa shape index (κ2) is 5.94. The van der Waals surface area contributed by atoms with Gasteiger partial charge in [0.25, 0.3) is 0 Å². The van der Waals surface area contributed by atoms with Crippen molar-refractivity contribution in [1.82, 2.24) is 20.3 Å². The fourth-order valence-corrected chi connectivity index (χ4v) is 2.51. The lowest BCUT2D eigenvalue weighted by molar-refractivity contribution is 0.572. The Bertz CT molecular complexity index is 560. The average molecular weight is 291 g/mol. The van der Waals surface area contributed by atoms with Crippen LogP contribution in [-0.2, 0) is 13.5 Å². The van der Waals surface area contributed by atoms with E-state index in [0.717, 1.165) is 23.7 Å².